The molecule has 0 unspecified atom stereocenters. The van der Waals surface area contributed by atoms with Gasteiger partial charge in [0.05, 0.1) is 10.6 Å². The summed E-state index contributed by atoms with van der Waals surface area (Å²) in [5.41, 5.74) is 2.79. The number of hydrogen-bond donors (Lipinski definition) is 0. The molecule has 0 aliphatic carbocycles. The van der Waals surface area contributed by atoms with Crippen LogP contribution in [0.4, 0.5) is 10.1 Å². The van der Waals surface area contributed by atoms with Crippen LogP contribution >= 0.6 is 11.8 Å². The first kappa shape index (κ1) is 16.5. The van der Waals surface area contributed by atoms with Crippen molar-refractivity contribution in [1.82, 2.24) is 4.90 Å². The Kier molecular flexibility index (Phi) is 4.81. The maximum absolute atomic E-state index is 13.0. The minimum Gasteiger partial charge on any atom is -0.287 e. The van der Waals surface area contributed by atoms with Gasteiger partial charge in [-0.15, -0.1) is 0 Å². The number of aliphatic imine (C=N–C) groups is 1. The molecular formula is C19H17FN2OS. The molecule has 0 bridgehead atoms. The molecule has 3 rings (SSSR count). The molecule has 2 aromatic carbocycles. The summed E-state index contributed by atoms with van der Waals surface area (Å²) in [5, 5.41) is 0.618. The molecule has 1 amide bonds. The van der Waals surface area contributed by atoms with Gasteiger partial charge in [0, 0.05) is 6.54 Å². The minimum atomic E-state index is -0.304. The number of likely N-dealkylation sites (N-methyl/N-ethyl adjacent to an activating group) is 1. The summed E-state index contributed by atoms with van der Waals surface area (Å²) in [6.45, 7) is 4.48. The Morgan fingerprint density at radius 2 is 1.79 bits per heavy atom. The molecule has 24 heavy (non-hydrogen) atoms. The topological polar surface area (TPSA) is 32.7 Å². The number of benzene rings is 2. The van der Waals surface area contributed by atoms with E-state index in [9.17, 15) is 9.18 Å². The van der Waals surface area contributed by atoms with E-state index in [1.54, 1.807) is 17.0 Å². The van der Waals surface area contributed by atoms with Crippen LogP contribution in [0.1, 0.15) is 18.1 Å². The number of amidine groups is 1. The quantitative estimate of drug-likeness (QED) is 0.755. The number of hydrogen-bond acceptors (Lipinski definition) is 3. The lowest BCUT2D eigenvalue weighted by Crippen LogP contribution is -2.28. The van der Waals surface area contributed by atoms with Crippen molar-refractivity contribution in [2.24, 2.45) is 4.99 Å². The lowest BCUT2D eigenvalue weighted by Gasteiger charge is -2.11. The fraction of sp³-hybridized carbons (Fsp3) is 0.158. The van der Waals surface area contributed by atoms with Crippen molar-refractivity contribution in [3.8, 4) is 0 Å². The van der Waals surface area contributed by atoms with E-state index in [2.05, 4.69) is 4.99 Å². The van der Waals surface area contributed by atoms with Crippen molar-refractivity contribution in [3.05, 3.63) is 70.4 Å². The van der Waals surface area contributed by atoms with E-state index in [4.69, 9.17) is 0 Å². The fourth-order valence-electron chi connectivity index (χ4n) is 2.31. The predicted molar refractivity (Wildman–Crippen MR) is 97.6 cm³/mol. The number of aryl methyl sites for hydroxylation is 1. The van der Waals surface area contributed by atoms with Crippen LogP contribution in [0.5, 0.6) is 0 Å². The second-order valence-corrected chi connectivity index (χ2v) is 6.45. The zero-order valence-electron chi connectivity index (χ0n) is 13.5. The van der Waals surface area contributed by atoms with Gasteiger partial charge in [-0.25, -0.2) is 9.38 Å². The lowest BCUT2D eigenvalue weighted by atomic mass is 10.1. The fourth-order valence-corrected chi connectivity index (χ4v) is 3.37. The number of carbonyl (C=O) groups excluding carboxylic acids is 1. The molecule has 2 aromatic rings. The third-order valence-electron chi connectivity index (χ3n) is 3.63. The number of amides is 1. The van der Waals surface area contributed by atoms with E-state index in [1.807, 2.05) is 44.2 Å². The SMILES string of the molecule is CCN1C(=O)/C(=C\c2ccc(C)cc2)SC1=Nc1ccc(F)cc1. The Bertz CT molecular complexity index is 810. The Morgan fingerprint density at radius 1 is 1.12 bits per heavy atom. The Morgan fingerprint density at radius 3 is 2.42 bits per heavy atom. The Hall–Kier alpha value is -2.40. The maximum Gasteiger partial charge on any atom is 0.266 e. The van der Waals surface area contributed by atoms with Gasteiger partial charge in [0.1, 0.15) is 5.82 Å². The molecule has 0 atom stereocenters. The van der Waals surface area contributed by atoms with Crippen molar-refractivity contribution >= 4 is 34.6 Å². The summed E-state index contributed by atoms with van der Waals surface area (Å²) in [6, 6.07) is 13.9. The highest BCUT2D eigenvalue weighted by atomic mass is 32.2. The predicted octanol–water partition coefficient (Wildman–Crippen LogP) is 4.76. The molecule has 1 heterocycles. The van der Waals surface area contributed by atoms with E-state index in [0.717, 1.165) is 5.56 Å². The third kappa shape index (κ3) is 3.57. The van der Waals surface area contributed by atoms with E-state index in [0.29, 0.717) is 22.3 Å². The van der Waals surface area contributed by atoms with E-state index in [-0.39, 0.29) is 11.7 Å². The molecule has 1 aliphatic heterocycles. The first-order valence-electron chi connectivity index (χ1n) is 7.69. The average molecular weight is 340 g/mol. The summed E-state index contributed by atoms with van der Waals surface area (Å²) in [6.07, 6.45) is 1.88. The molecule has 5 heteroatoms. The first-order valence-corrected chi connectivity index (χ1v) is 8.51. The molecule has 1 fully saturated rings. The van der Waals surface area contributed by atoms with Crippen LogP contribution in [0.25, 0.3) is 6.08 Å². The van der Waals surface area contributed by atoms with Crippen molar-refractivity contribution in [1.29, 1.82) is 0 Å². The zero-order chi connectivity index (χ0) is 17.1. The molecule has 3 nitrogen and oxygen atoms in total. The molecule has 1 saturated heterocycles. The minimum absolute atomic E-state index is 0.0519. The molecule has 0 radical (unpaired) electrons. The van der Waals surface area contributed by atoms with Gasteiger partial charge in [-0.3, -0.25) is 9.69 Å². The summed E-state index contributed by atoms with van der Waals surface area (Å²) in [7, 11) is 0. The Balaban J connectivity index is 1.91. The second-order valence-electron chi connectivity index (χ2n) is 5.44. The van der Waals surface area contributed by atoms with Crippen LogP contribution in [0, 0.1) is 12.7 Å². The molecular weight excluding hydrogens is 323 g/mol. The third-order valence-corrected chi connectivity index (χ3v) is 4.64. The number of carbonyl (C=O) groups is 1. The van der Waals surface area contributed by atoms with Crippen molar-refractivity contribution < 1.29 is 9.18 Å². The molecule has 0 aromatic heterocycles. The van der Waals surface area contributed by atoms with Crippen LogP contribution in [-0.4, -0.2) is 22.5 Å². The normalized spacial score (nSPS) is 18.0. The highest BCUT2D eigenvalue weighted by molar-refractivity contribution is 8.18. The van der Waals surface area contributed by atoms with Gasteiger partial charge in [0.25, 0.3) is 5.91 Å². The van der Waals surface area contributed by atoms with E-state index in [1.165, 1.54) is 29.5 Å². The second kappa shape index (κ2) is 7.01. The van der Waals surface area contributed by atoms with E-state index >= 15 is 0 Å². The standard InChI is InChI=1S/C19H17FN2OS/c1-3-22-18(23)17(12-14-6-4-13(2)5-7-14)24-19(22)21-16-10-8-15(20)9-11-16/h4-12H,3H2,1-2H3/b17-12+,21-19?. The Labute approximate surface area is 144 Å². The highest BCUT2D eigenvalue weighted by Gasteiger charge is 2.32. The highest BCUT2D eigenvalue weighted by Crippen LogP contribution is 2.33. The van der Waals surface area contributed by atoms with Gasteiger partial charge in [-0.05, 0) is 61.5 Å². The van der Waals surface area contributed by atoms with Crippen LogP contribution < -0.4 is 0 Å². The van der Waals surface area contributed by atoms with Gasteiger partial charge in [0.2, 0.25) is 0 Å². The number of nitrogens with zero attached hydrogens (tertiary/aromatic N) is 2. The number of thioether (sulfide) groups is 1. The molecule has 1 aliphatic rings. The summed E-state index contributed by atoms with van der Waals surface area (Å²) < 4.78 is 13.0. The smallest absolute Gasteiger partial charge is 0.266 e. The van der Waals surface area contributed by atoms with Gasteiger partial charge in [-0.2, -0.15) is 0 Å². The van der Waals surface area contributed by atoms with E-state index < -0.39 is 0 Å². The summed E-state index contributed by atoms with van der Waals surface area (Å²) in [5.74, 6) is -0.356. The summed E-state index contributed by atoms with van der Waals surface area (Å²) >= 11 is 1.34. The monoisotopic (exact) mass is 340 g/mol. The average Bonchev–Trinajstić information content (AvgIpc) is 2.86. The maximum atomic E-state index is 13.0. The van der Waals surface area contributed by atoms with Crippen LogP contribution in [-0.2, 0) is 4.79 Å². The van der Waals surface area contributed by atoms with Gasteiger partial charge < -0.3 is 0 Å². The van der Waals surface area contributed by atoms with Crippen molar-refractivity contribution in [2.75, 3.05) is 6.54 Å². The van der Waals surface area contributed by atoms with Crippen molar-refractivity contribution in [2.45, 2.75) is 13.8 Å². The molecule has 0 spiro atoms. The molecule has 0 N–H and O–H groups in total. The van der Waals surface area contributed by atoms with Crippen molar-refractivity contribution in [3.63, 3.8) is 0 Å². The molecule has 0 saturated carbocycles. The van der Waals surface area contributed by atoms with Crippen LogP contribution in [0.15, 0.2) is 58.4 Å². The number of rotatable bonds is 3. The van der Waals surface area contributed by atoms with Crippen LogP contribution in [0.3, 0.4) is 0 Å². The van der Waals surface area contributed by atoms with Gasteiger partial charge >= 0.3 is 0 Å². The van der Waals surface area contributed by atoms with Gasteiger partial charge in [0.15, 0.2) is 5.17 Å². The molecule has 122 valence electrons. The first-order chi connectivity index (χ1) is 11.6. The largest absolute Gasteiger partial charge is 0.287 e. The van der Waals surface area contributed by atoms with Crippen LogP contribution in [0.2, 0.25) is 0 Å². The zero-order valence-corrected chi connectivity index (χ0v) is 14.3. The van der Waals surface area contributed by atoms with Gasteiger partial charge in [-0.1, -0.05) is 29.8 Å². The number of halogens is 1. The lowest BCUT2D eigenvalue weighted by molar-refractivity contribution is -0.122. The summed E-state index contributed by atoms with van der Waals surface area (Å²) in [4.78, 5) is 19.3.